The normalized spacial score (nSPS) is 13.3. The third-order valence-electron chi connectivity index (χ3n) is 2.95. The zero-order chi connectivity index (χ0) is 15.0. The van der Waals surface area contributed by atoms with Crippen LogP contribution in [-0.2, 0) is 20.7 Å². The van der Waals surface area contributed by atoms with Gasteiger partial charge in [0.1, 0.15) is 12.1 Å². The number of esters is 1. The van der Waals surface area contributed by atoms with Crippen molar-refractivity contribution in [1.29, 1.82) is 0 Å². The van der Waals surface area contributed by atoms with E-state index in [4.69, 9.17) is 0 Å². The Morgan fingerprint density at radius 1 is 1.30 bits per heavy atom. The number of aliphatic hydroxyl groups excluding tert-OH is 1. The molecule has 5 nitrogen and oxygen atoms in total. The molecule has 0 saturated carbocycles. The number of nitrogens with one attached hydrogen (secondary N) is 1. The molecule has 1 aromatic carbocycles. The van der Waals surface area contributed by atoms with Gasteiger partial charge in [-0.3, -0.25) is 4.79 Å². The van der Waals surface area contributed by atoms with Crippen LogP contribution < -0.4 is 5.32 Å². The Morgan fingerprint density at radius 3 is 2.50 bits per heavy atom. The maximum atomic E-state index is 11.8. The van der Waals surface area contributed by atoms with Crippen LogP contribution in [0.15, 0.2) is 30.3 Å². The Hall–Kier alpha value is -1.88. The first kappa shape index (κ1) is 16.2. The van der Waals surface area contributed by atoms with E-state index < -0.39 is 24.0 Å². The van der Waals surface area contributed by atoms with Crippen LogP contribution in [0.25, 0.3) is 0 Å². The summed E-state index contributed by atoms with van der Waals surface area (Å²) in [5.41, 5.74) is 0.910. The average molecular weight is 279 g/mol. The first-order chi connectivity index (χ1) is 9.58. The van der Waals surface area contributed by atoms with Crippen LogP contribution >= 0.6 is 0 Å². The van der Waals surface area contributed by atoms with E-state index in [1.54, 1.807) is 0 Å². The van der Waals surface area contributed by atoms with Crippen molar-refractivity contribution in [3.63, 3.8) is 0 Å². The second kappa shape index (κ2) is 8.32. The maximum absolute atomic E-state index is 11.8. The first-order valence-electron chi connectivity index (χ1n) is 6.68. The second-order valence-corrected chi connectivity index (χ2v) is 4.58. The van der Waals surface area contributed by atoms with E-state index >= 15 is 0 Å². The molecule has 0 spiro atoms. The molecule has 0 bridgehead atoms. The number of amides is 1. The molecule has 0 unspecified atom stereocenters. The smallest absolute Gasteiger partial charge is 0.328 e. The van der Waals surface area contributed by atoms with E-state index in [0.29, 0.717) is 19.3 Å². The third-order valence-corrected chi connectivity index (χ3v) is 2.95. The van der Waals surface area contributed by atoms with Crippen LogP contribution in [0.3, 0.4) is 0 Å². The summed E-state index contributed by atoms with van der Waals surface area (Å²) in [4.78, 5) is 23.5. The van der Waals surface area contributed by atoms with Crippen LogP contribution in [0.4, 0.5) is 0 Å². The van der Waals surface area contributed by atoms with Gasteiger partial charge >= 0.3 is 5.97 Å². The quantitative estimate of drug-likeness (QED) is 0.731. The largest absolute Gasteiger partial charge is 0.467 e. The molecule has 1 aromatic rings. The summed E-state index contributed by atoms with van der Waals surface area (Å²) in [6.07, 6.45) is 0.294. The van der Waals surface area contributed by atoms with Crippen molar-refractivity contribution in [2.75, 3.05) is 7.11 Å². The topological polar surface area (TPSA) is 75.6 Å². The predicted molar refractivity (Wildman–Crippen MR) is 75.0 cm³/mol. The van der Waals surface area contributed by atoms with Gasteiger partial charge in [-0.15, -0.1) is 0 Å². The standard InChI is InChI=1S/C15H21NO4/c1-3-7-13(17)14(18)16-12(15(19)20-2)10-11-8-5-4-6-9-11/h4-6,8-9,12-13,17H,3,7,10H2,1-2H3,(H,16,18)/t12-,13-/m0/s1. The Kier molecular flexibility index (Phi) is 6.73. The first-order valence-corrected chi connectivity index (χ1v) is 6.68. The highest BCUT2D eigenvalue weighted by atomic mass is 16.5. The van der Waals surface area contributed by atoms with Gasteiger partial charge in [0, 0.05) is 6.42 Å². The summed E-state index contributed by atoms with van der Waals surface area (Å²) in [6.45, 7) is 1.87. The van der Waals surface area contributed by atoms with Crippen molar-refractivity contribution in [1.82, 2.24) is 5.32 Å². The van der Waals surface area contributed by atoms with E-state index in [9.17, 15) is 14.7 Å². The molecule has 0 aliphatic rings. The van der Waals surface area contributed by atoms with Crippen molar-refractivity contribution >= 4 is 11.9 Å². The van der Waals surface area contributed by atoms with E-state index in [2.05, 4.69) is 10.1 Å². The van der Waals surface area contributed by atoms with E-state index in [1.165, 1.54) is 7.11 Å². The lowest BCUT2D eigenvalue weighted by atomic mass is 10.1. The summed E-state index contributed by atoms with van der Waals surface area (Å²) in [7, 11) is 1.27. The van der Waals surface area contributed by atoms with E-state index in [0.717, 1.165) is 5.56 Å². The Morgan fingerprint density at radius 2 is 1.95 bits per heavy atom. The molecule has 0 radical (unpaired) electrons. The summed E-state index contributed by atoms with van der Waals surface area (Å²) in [5, 5.41) is 12.2. The Balaban J connectivity index is 2.70. The minimum absolute atomic E-state index is 0.331. The fraction of sp³-hybridized carbons (Fsp3) is 0.467. The van der Waals surface area contributed by atoms with Crippen LogP contribution in [-0.4, -0.2) is 36.2 Å². The van der Waals surface area contributed by atoms with E-state index in [1.807, 2.05) is 37.3 Å². The molecule has 20 heavy (non-hydrogen) atoms. The number of carbonyl (C=O) groups excluding carboxylic acids is 2. The minimum Gasteiger partial charge on any atom is -0.467 e. The lowest BCUT2D eigenvalue weighted by Crippen LogP contribution is -2.47. The molecule has 2 N–H and O–H groups in total. The molecule has 0 aliphatic heterocycles. The Labute approximate surface area is 118 Å². The molecule has 1 amide bonds. The molecule has 1 rings (SSSR count). The van der Waals surface area contributed by atoms with Crippen molar-refractivity contribution in [3.8, 4) is 0 Å². The second-order valence-electron chi connectivity index (χ2n) is 4.58. The van der Waals surface area contributed by atoms with Gasteiger partial charge in [0.15, 0.2) is 0 Å². The number of hydrogen-bond donors (Lipinski definition) is 2. The average Bonchev–Trinajstić information content (AvgIpc) is 2.47. The monoisotopic (exact) mass is 279 g/mol. The minimum atomic E-state index is -1.09. The number of carbonyl (C=O) groups is 2. The van der Waals surface area contributed by atoms with Gasteiger partial charge in [-0.2, -0.15) is 0 Å². The third kappa shape index (κ3) is 5.01. The summed E-state index contributed by atoms with van der Waals surface area (Å²) in [6, 6.07) is 8.53. The lowest BCUT2D eigenvalue weighted by Gasteiger charge is -2.18. The van der Waals surface area contributed by atoms with Crippen molar-refractivity contribution in [2.45, 2.75) is 38.3 Å². The summed E-state index contributed by atoms with van der Waals surface area (Å²) >= 11 is 0. The molecular formula is C15H21NO4. The fourth-order valence-electron chi connectivity index (χ4n) is 1.86. The van der Waals surface area contributed by atoms with Gasteiger partial charge in [0.05, 0.1) is 7.11 Å². The molecule has 0 fully saturated rings. The number of benzene rings is 1. The van der Waals surface area contributed by atoms with Crippen LogP contribution in [0.5, 0.6) is 0 Å². The lowest BCUT2D eigenvalue weighted by molar-refractivity contribution is -0.146. The summed E-state index contributed by atoms with van der Waals surface area (Å²) < 4.78 is 4.69. The number of ether oxygens (including phenoxy) is 1. The fourth-order valence-corrected chi connectivity index (χ4v) is 1.86. The molecule has 2 atom stereocenters. The van der Waals surface area contributed by atoms with Crippen molar-refractivity contribution in [3.05, 3.63) is 35.9 Å². The van der Waals surface area contributed by atoms with Gasteiger partial charge in [-0.1, -0.05) is 43.7 Å². The van der Waals surface area contributed by atoms with Crippen LogP contribution in [0, 0.1) is 0 Å². The number of hydrogen-bond acceptors (Lipinski definition) is 4. The van der Waals surface area contributed by atoms with E-state index in [-0.39, 0.29) is 0 Å². The zero-order valence-corrected chi connectivity index (χ0v) is 11.8. The predicted octanol–water partition coefficient (Wildman–Crippen LogP) is 1.05. The molecule has 0 aromatic heterocycles. The van der Waals surface area contributed by atoms with Gasteiger partial charge < -0.3 is 15.2 Å². The van der Waals surface area contributed by atoms with Crippen molar-refractivity contribution < 1.29 is 19.4 Å². The summed E-state index contributed by atoms with van der Waals surface area (Å²) in [5.74, 6) is -1.07. The number of rotatable bonds is 7. The van der Waals surface area contributed by atoms with Crippen molar-refractivity contribution in [2.24, 2.45) is 0 Å². The highest BCUT2D eigenvalue weighted by Gasteiger charge is 2.24. The van der Waals surface area contributed by atoms with Crippen LogP contribution in [0.1, 0.15) is 25.3 Å². The number of methoxy groups -OCH3 is 1. The highest BCUT2D eigenvalue weighted by Crippen LogP contribution is 2.06. The SMILES string of the molecule is CCC[C@H](O)C(=O)N[C@@H](Cc1ccccc1)C(=O)OC. The van der Waals surface area contributed by atoms with Gasteiger partial charge in [-0.05, 0) is 12.0 Å². The highest BCUT2D eigenvalue weighted by molar-refractivity contribution is 5.86. The zero-order valence-electron chi connectivity index (χ0n) is 11.8. The van der Waals surface area contributed by atoms with Gasteiger partial charge in [0.25, 0.3) is 0 Å². The molecular weight excluding hydrogens is 258 g/mol. The maximum Gasteiger partial charge on any atom is 0.328 e. The molecule has 0 aliphatic carbocycles. The molecule has 0 saturated heterocycles. The molecule has 0 heterocycles. The Bertz CT molecular complexity index is 433. The van der Waals surface area contributed by atoms with Gasteiger partial charge in [0.2, 0.25) is 5.91 Å². The molecule has 110 valence electrons. The molecule has 5 heteroatoms. The van der Waals surface area contributed by atoms with Crippen LogP contribution in [0.2, 0.25) is 0 Å². The number of aliphatic hydroxyl groups is 1. The van der Waals surface area contributed by atoms with Gasteiger partial charge in [-0.25, -0.2) is 4.79 Å².